The van der Waals surface area contributed by atoms with Gasteiger partial charge in [0, 0.05) is 19.1 Å². The molecule has 0 radical (unpaired) electrons. The van der Waals surface area contributed by atoms with Crippen LogP contribution in [0.25, 0.3) is 0 Å². The molecule has 0 bridgehead atoms. The molecule has 0 aliphatic rings. The summed E-state index contributed by atoms with van der Waals surface area (Å²) in [5.74, 6) is 0. The molecule has 0 saturated carbocycles. The van der Waals surface area contributed by atoms with Crippen molar-refractivity contribution in [2.75, 3.05) is 27.2 Å². The van der Waals surface area contributed by atoms with E-state index in [-0.39, 0.29) is 0 Å². The summed E-state index contributed by atoms with van der Waals surface area (Å²) in [7, 11) is 4.23. The summed E-state index contributed by atoms with van der Waals surface area (Å²) in [5.41, 5.74) is 0. The Hall–Kier alpha value is -0.0800. The van der Waals surface area contributed by atoms with E-state index >= 15 is 0 Å². The molecule has 2 nitrogen and oxygen atoms in total. The number of nitrogens with one attached hydrogen (secondary N) is 1. The molecule has 1 unspecified atom stereocenters. The molecule has 0 aliphatic carbocycles. The second kappa shape index (κ2) is 7.56. The van der Waals surface area contributed by atoms with Crippen LogP contribution in [0, 0.1) is 0 Å². The molecule has 0 fully saturated rings. The largest absolute Gasteiger partial charge is 0.313 e. The summed E-state index contributed by atoms with van der Waals surface area (Å²) in [6.45, 7) is 6.75. The van der Waals surface area contributed by atoms with Crippen LogP contribution in [0.3, 0.4) is 0 Å². The first kappa shape index (κ1) is 11.9. The van der Waals surface area contributed by atoms with E-state index in [2.05, 4.69) is 38.2 Å². The summed E-state index contributed by atoms with van der Waals surface area (Å²) in [6.07, 6.45) is 3.85. The first-order chi connectivity index (χ1) is 5.70. The molecule has 0 spiro atoms. The second-order valence-corrected chi connectivity index (χ2v) is 3.65. The van der Waals surface area contributed by atoms with Crippen LogP contribution >= 0.6 is 0 Å². The van der Waals surface area contributed by atoms with Gasteiger partial charge in [-0.2, -0.15) is 0 Å². The lowest BCUT2D eigenvalue weighted by atomic mass is 10.1. The minimum absolute atomic E-state index is 0.731. The molecule has 0 aromatic rings. The van der Waals surface area contributed by atoms with Crippen LogP contribution in [0.2, 0.25) is 0 Å². The molecule has 1 N–H and O–H groups in total. The molecular weight excluding hydrogens is 148 g/mol. The summed E-state index contributed by atoms with van der Waals surface area (Å²) in [5, 5.41) is 3.56. The predicted molar refractivity (Wildman–Crippen MR) is 55.5 cm³/mol. The fourth-order valence-electron chi connectivity index (χ4n) is 1.29. The Kier molecular flexibility index (Phi) is 7.51. The first-order valence-corrected chi connectivity index (χ1v) is 5.08. The third-order valence-electron chi connectivity index (χ3n) is 2.12. The van der Waals surface area contributed by atoms with Crippen molar-refractivity contribution in [1.82, 2.24) is 10.2 Å². The lowest BCUT2D eigenvalue weighted by Gasteiger charge is -2.17. The van der Waals surface area contributed by atoms with Gasteiger partial charge in [0.2, 0.25) is 0 Å². The Bertz CT molecular complexity index is 91.8. The van der Waals surface area contributed by atoms with Crippen LogP contribution < -0.4 is 5.32 Å². The van der Waals surface area contributed by atoms with Gasteiger partial charge in [0.15, 0.2) is 0 Å². The minimum Gasteiger partial charge on any atom is -0.313 e. The standard InChI is InChI=1S/C10H24N2/c1-5-7-10(6-2)11-8-9-12(3)4/h10-11H,5-9H2,1-4H3. The third-order valence-corrected chi connectivity index (χ3v) is 2.12. The highest BCUT2D eigenvalue weighted by molar-refractivity contribution is 4.64. The van der Waals surface area contributed by atoms with E-state index in [1.807, 2.05) is 0 Å². The van der Waals surface area contributed by atoms with Gasteiger partial charge in [-0.3, -0.25) is 0 Å². The van der Waals surface area contributed by atoms with Crippen LogP contribution in [-0.4, -0.2) is 38.1 Å². The monoisotopic (exact) mass is 172 g/mol. The number of hydrogen-bond donors (Lipinski definition) is 1. The highest BCUT2D eigenvalue weighted by atomic mass is 15.1. The molecule has 2 heteroatoms. The van der Waals surface area contributed by atoms with Crippen molar-refractivity contribution in [2.24, 2.45) is 0 Å². The van der Waals surface area contributed by atoms with Crippen LogP contribution in [0.5, 0.6) is 0 Å². The van der Waals surface area contributed by atoms with Gasteiger partial charge in [-0.05, 0) is 26.9 Å². The maximum Gasteiger partial charge on any atom is 0.0101 e. The smallest absolute Gasteiger partial charge is 0.0101 e. The zero-order valence-corrected chi connectivity index (χ0v) is 9.06. The van der Waals surface area contributed by atoms with Crippen LogP contribution in [-0.2, 0) is 0 Å². The van der Waals surface area contributed by atoms with Gasteiger partial charge in [-0.15, -0.1) is 0 Å². The van der Waals surface area contributed by atoms with E-state index in [1.54, 1.807) is 0 Å². The SMILES string of the molecule is CCCC(CC)NCCN(C)C. The summed E-state index contributed by atoms with van der Waals surface area (Å²) in [4.78, 5) is 2.21. The van der Waals surface area contributed by atoms with E-state index in [4.69, 9.17) is 0 Å². The Morgan fingerprint density at radius 3 is 2.33 bits per heavy atom. The normalized spacial score (nSPS) is 13.8. The summed E-state index contributed by atoms with van der Waals surface area (Å²) in [6, 6.07) is 0.731. The third kappa shape index (κ3) is 6.62. The second-order valence-electron chi connectivity index (χ2n) is 3.65. The average Bonchev–Trinajstić information content (AvgIpc) is 2.02. The van der Waals surface area contributed by atoms with E-state index in [1.165, 1.54) is 19.3 Å². The molecule has 0 saturated heterocycles. The molecule has 0 amide bonds. The Labute approximate surface area is 77.3 Å². The van der Waals surface area contributed by atoms with Crippen molar-refractivity contribution in [3.63, 3.8) is 0 Å². The van der Waals surface area contributed by atoms with Gasteiger partial charge in [0.25, 0.3) is 0 Å². The highest BCUT2D eigenvalue weighted by Crippen LogP contribution is 1.99. The zero-order valence-electron chi connectivity index (χ0n) is 9.06. The van der Waals surface area contributed by atoms with Gasteiger partial charge in [-0.25, -0.2) is 0 Å². The Morgan fingerprint density at radius 2 is 1.92 bits per heavy atom. The fraction of sp³-hybridized carbons (Fsp3) is 1.00. The maximum atomic E-state index is 3.56. The topological polar surface area (TPSA) is 15.3 Å². The van der Waals surface area contributed by atoms with Gasteiger partial charge >= 0.3 is 0 Å². The molecule has 12 heavy (non-hydrogen) atoms. The van der Waals surface area contributed by atoms with Gasteiger partial charge < -0.3 is 10.2 Å². The fourth-order valence-corrected chi connectivity index (χ4v) is 1.29. The zero-order chi connectivity index (χ0) is 9.40. The quantitative estimate of drug-likeness (QED) is 0.629. The van der Waals surface area contributed by atoms with Crippen molar-refractivity contribution >= 4 is 0 Å². The van der Waals surface area contributed by atoms with E-state index in [0.29, 0.717) is 0 Å². The molecule has 0 aliphatic heterocycles. The highest BCUT2D eigenvalue weighted by Gasteiger charge is 2.02. The van der Waals surface area contributed by atoms with E-state index in [0.717, 1.165) is 19.1 Å². The molecule has 1 atom stereocenters. The van der Waals surface area contributed by atoms with Crippen LogP contribution in [0.15, 0.2) is 0 Å². The van der Waals surface area contributed by atoms with E-state index in [9.17, 15) is 0 Å². The molecular formula is C10H24N2. The lowest BCUT2D eigenvalue weighted by molar-refractivity contribution is 0.372. The van der Waals surface area contributed by atoms with Crippen molar-refractivity contribution in [2.45, 2.75) is 39.2 Å². The van der Waals surface area contributed by atoms with Crippen molar-refractivity contribution < 1.29 is 0 Å². The minimum atomic E-state index is 0.731. The van der Waals surface area contributed by atoms with Crippen LogP contribution in [0.4, 0.5) is 0 Å². The van der Waals surface area contributed by atoms with Gasteiger partial charge in [0.1, 0.15) is 0 Å². The Morgan fingerprint density at radius 1 is 1.25 bits per heavy atom. The van der Waals surface area contributed by atoms with Crippen LogP contribution in [0.1, 0.15) is 33.1 Å². The average molecular weight is 172 g/mol. The lowest BCUT2D eigenvalue weighted by Crippen LogP contribution is -2.34. The number of hydrogen-bond acceptors (Lipinski definition) is 2. The van der Waals surface area contributed by atoms with E-state index < -0.39 is 0 Å². The van der Waals surface area contributed by atoms with Crippen molar-refractivity contribution in [3.8, 4) is 0 Å². The Balaban J connectivity index is 3.31. The number of nitrogens with zero attached hydrogens (tertiary/aromatic N) is 1. The summed E-state index contributed by atoms with van der Waals surface area (Å²) >= 11 is 0. The summed E-state index contributed by atoms with van der Waals surface area (Å²) < 4.78 is 0. The molecule has 0 rings (SSSR count). The first-order valence-electron chi connectivity index (χ1n) is 5.08. The predicted octanol–water partition coefficient (Wildman–Crippen LogP) is 1.72. The van der Waals surface area contributed by atoms with Crippen molar-refractivity contribution in [1.29, 1.82) is 0 Å². The van der Waals surface area contributed by atoms with Gasteiger partial charge in [0.05, 0.1) is 0 Å². The molecule has 0 heterocycles. The maximum absolute atomic E-state index is 3.56. The van der Waals surface area contributed by atoms with Gasteiger partial charge in [-0.1, -0.05) is 20.3 Å². The van der Waals surface area contributed by atoms with Crippen molar-refractivity contribution in [3.05, 3.63) is 0 Å². The number of likely N-dealkylation sites (N-methyl/N-ethyl adjacent to an activating group) is 1. The number of rotatable bonds is 7. The molecule has 0 aromatic heterocycles. The molecule has 0 aromatic carbocycles. The molecule has 74 valence electrons.